The number of benzene rings is 1. The second-order valence-corrected chi connectivity index (χ2v) is 3.73. The van der Waals surface area contributed by atoms with Crippen LogP contribution in [0.3, 0.4) is 0 Å². The smallest absolute Gasteiger partial charge is 0.119 e. The molecule has 1 unspecified atom stereocenters. The van der Waals surface area contributed by atoms with Crippen LogP contribution in [0.2, 0.25) is 0 Å². The fourth-order valence-corrected chi connectivity index (χ4v) is 1.87. The summed E-state index contributed by atoms with van der Waals surface area (Å²) >= 11 is 0. The standard InChI is InChI=1S/C12H17NO/c1-2-13-9-8-12(10-13)14-11-6-4-3-5-7-11/h3-7,12H,2,8-10H2,1H3. The van der Waals surface area contributed by atoms with Crippen molar-refractivity contribution < 1.29 is 4.74 Å². The summed E-state index contributed by atoms with van der Waals surface area (Å²) < 4.78 is 5.87. The van der Waals surface area contributed by atoms with E-state index in [0.29, 0.717) is 6.10 Å². The van der Waals surface area contributed by atoms with Crippen molar-refractivity contribution in [2.24, 2.45) is 0 Å². The maximum absolute atomic E-state index is 5.87. The van der Waals surface area contributed by atoms with Crippen LogP contribution in [0, 0.1) is 0 Å². The first kappa shape index (κ1) is 9.53. The Balaban J connectivity index is 1.88. The summed E-state index contributed by atoms with van der Waals surface area (Å²) in [4.78, 5) is 2.42. The monoisotopic (exact) mass is 191 g/mol. The van der Waals surface area contributed by atoms with Gasteiger partial charge in [-0.1, -0.05) is 25.1 Å². The van der Waals surface area contributed by atoms with Gasteiger partial charge in [0.15, 0.2) is 0 Å². The first-order valence-corrected chi connectivity index (χ1v) is 5.32. The molecule has 0 aromatic heterocycles. The number of rotatable bonds is 3. The highest BCUT2D eigenvalue weighted by molar-refractivity contribution is 5.21. The number of likely N-dealkylation sites (tertiary alicyclic amines) is 1. The molecule has 0 radical (unpaired) electrons. The molecular formula is C12H17NO. The minimum atomic E-state index is 0.386. The summed E-state index contributed by atoms with van der Waals surface area (Å²) in [5.74, 6) is 0.996. The molecule has 0 saturated carbocycles. The molecule has 0 aliphatic carbocycles. The summed E-state index contributed by atoms with van der Waals surface area (Å²) in [5.41, 5.74) is 0. The van der Waals surface area contributed by atoms with Crippen molar-refractivity contribution in [2.45, 2.75) is 19.4 Å². The number of hydrogen-bond acceptors (Lipinski definition) is 2. The lowest BCUT2D eigenvalue weighted by Gasteiger charge is -2.14. The molecule has 1 aromatic carbocycles. The van der Waals surface area contributed by atoms with Crippen LogP contribution >= 0.6 is 0 Å². The van der Waals surface area contributed by atoms with E-state index in [2.05, 4.69) is 11.8 Å². The third kappa shape index (κ3) is 2.26. The topological polar surface area (TPSA) is 12.5 Å². The Hall–Kier alpha value is -1.02. The van der Waals surface area contributed by atoms with E-state index in [1.54, 1.807) is 0 Å². The van der Waals surface area contributed by atoms with E-state index in [1.165, 1.54) is 6.54 Å². The van der Waals surface area contributed by atoms with Crippen molar-refractivity contribution in [3.63, 3.8) is 0 Å². The van der Waals surface area contributed by atoms with E-state index in [9.17, 15) is 0 Å². The molecule has 2 rings (SSSR count). The van der Waals surface area contributed by atoms with Gasteiger partial charge in [-0.15, -0.1) is 0 Å². The molecule has 76 valence electrons. The molecule has 14 heavy (non-hydrogen) atoms. The second-order valence-electron chi connectivity index (χ2n) is 3.73. The molecular weight excluding hydrogens is 174 g/mol. The average molecular weight is 191 g/mol. The molecule has 0 spiro atoms. The molecule has 1 atom stereocenters. The zero-order valence-electron chi connectivity index (χ0n) is 8.65. The first-order valence-electron chi connectivity index (χ1n) is 5.32. The van der Waals surface area contributed by atoms with E-state index >= 15 is 0 Å². The highest BCUT2D eigenvalue weighted by Crippen LogP contribution is 2.17. The van der Waals surface area contributed by atoms with Gasteiger partial charge in [0, 0.05) is 13.1 Å². The van der Waals surface area contributed by atoms with Crippen LogP contribution in [-0.4, -0.2) is 30.6 Å². The second kappa shape index (κ2) is 4.47. The Morgan fingerprint density at radius 3 is 2.79 bits per heavy atom. The van der Waals surface area contributed by atoms with Gasteiger partial charge < -0.3 is 4.74 Å². The first-order chi connectivity index (χ1) is 6.88. The van der Waals surface area contributed by atoms with Gasteiger partial charge in [0.1, 0.15) is 11.9 Å². The third-order valence-electron chi connectivity index (χ3n) is 2.72. The zero-order chi connectivity index (χ0) is 9.80. The lowest BCUT2D eigenvalue weighted by atomic mass is 10.3. The Bertz CT molecular complexity index is 273. The molecule has 2 nitrogen and oxygen atoms in total. The normalized spacial score (nSPS) is 22.5. The average Bonchev–Trinajstić information content (AvgIpc) is 2.67. The largest absolute Gasteiger partial charge is 0.489 e. The van der Waals surface area contributed by atoms with Crippen molar-refractivity contribution in [2.75, 3.05) is 19.6 Å². The van der Waals surface area contributed by atoms with Crippen molar-refractivity contribution in [3.05, 3.63) is 30.3 Å². The molecule has 0 N–H and O–H groups in total. The van der Waals surface area contributed by atoms with Crippen LogP contribution in [0.4, 0.5) is 0 Å². The Labute approximate surface area is 85.5 Å². The minimum absolute atomic E-state index is 0.386. The summed E-state index contributed by atoms with van der Waals surface area (Å²) in [6, 6.07) is 10.1. The van der Waals surface area contributed by atoms with Gasteiger partial charge >= 0.3 is 0 Å². The highest BCUT2D eigenvalue weighted by Gasteiger charge is 2.22. The Morgan fingerprint density at radius 1 is 1.36 bits per heavy atom. The SMILES string of the molecule is CCN1CCC(Oc2ccccc2)C1. The number of ether oxygens (including phenoxy) is 1. The molecule has 1 saturated heterocycles. The van der Waals surface area contributed by atoms with Crippen LogP contribution in [0.25, 0.3) is 0 Å². The van der Waals surface area contributed by atoms with E-state index < -0.39 is 0 Å². The van der Waals surface area contributed by atoms with E-state index in [-0.39, 0.29) is 0 Å². The molecule has 1 fully saturated rings. The van der Waals surface area contributed by atoms with Crippen LogP contribution < -0.4 is 4.74 Å². The minimum Gasteiger partial charge on any atom is -0.489 e. The van der Waals surface area contributed by atoms with Gasteiger partial charge in [0.05, 0.1) is 0 Å². The van der Waals surface area contributed by atoms with Crippen LogP contribution in [0.1, 0.15) is 13.3 Å². The summed E-state index contributed by atoms with van der Waals surface area (Å²) in [6.07, 6.45) is 1.54. The molecule has 1 heterocycles. The third-order valence-corrected chi connectivity index (χ3v) is 2.72. The molecule has 0 bridgehead atoms. The van der Waals surface area contributed by atoms with Gasteiger partial charge in [-0.2, -0.15) is 0 Å². The predicted molar refractivity (Wildman–Crippen MR) is 57.6 cm³/mol. The van der Waals surface area contributed by atoms with Crippen molar-refractivity contribution >= 4 is 0 Å². The maximum atomic E-state index is 5.87. The molecule has 1 aliphatic heterocycles. The maximum Gasteiger partial charge on any atom is 0.119 e. The zero-order valence-corrected chi connectivity index (χ0v) is 8.65. The van der Waals surface area contributed by atoms with Gasteiger partial charge in [0.25, 0.3) is 0 Å². The van der Waals surface area contributed by atoms with Crippen molar-refractivity contribution in [1.29, 1.82) is 0 Å². The molecule has 1 aromatic rings. The van der Waals surface area contributed by atoms with E-state index in [0.717, 1.165) is 25.3 Å². The van der Waals surface area contributed by atoms with Gasteiger partial charge in [0.2, 0.25) is 0 Å². The van der Waals surface area contributed by atoms with Gasteiger partial charge in [-0.25, -0.2) is 0 Å². The van der Waals surface area contributed by atoms with Gasteiger partial charge in [-0.05, 0) is 25.1 Å². The lowest BCUT2D eigenvalue weighted by molar-refractivity contribution is 0.202. The Morgan fingerprint density at radius 2 is 2.14 bits per heavy atom. The van der Waals surface area contributed by atoms with E-state index in [4.69, 9.17) is 4.74 Å². The summed E-state index contributed by atoms with van der Waals surface area (Å²) in [7, 11) is 0. The Kier molecular flexibility index (Phi) is 3.04. The summed E-state index contributed by atoms with van der Waals surface area (Å²) in [5, 5.41) is 0. The fraction of sp³-hybridized carbons (Fsp3) is 0.500. The quantitative estimate of drug-likeness (QED) is 0.726. The molecule has 0 amide bonds. The number of likely N-dealkylation sites (N-methyl/N-ethyl adjacent to an activating group) is 1. The van der Waals surface area contributed by atoms with Crippen LogP contribution in [0.5, 0.6) is 5.75 Å². The highest BCUT2D eigenvalue weighted by atomic mass is 16.5. The lowest BCUT2D eigenvalue weighted by Crippen LogP contribution is -2.24. The number of hydrogen-bond donors (Lipinski definition) is 0. The number of para-hydroxylation sites is 1. The van der Waals surface area contributed by atoms with Crippen LogP contribution in [-0.2, 0) is 0 Å². The number of nitrogens with zero attached hydrogens (tertiary/aromatic N) is 1. The van der Waals surface area contributed by atoms with Gasteiger partial charge in [-0.3, -0.25) is 4.90 Å². The summed E-state index contributed by atoms with van der Waals surface area (Å²) in [6.45, 7) is 5.58. The molecule has 2 heteroatoms. The molecule has 1 aliphatic rings. The fourth-order valence-electron chi connectivity index (χ4n) is 1.87. The van der Waals surface area contributed by atoms with Crippen LogP contribution in [0.15, 0.2) is 30.3 Å². The van der Waals surface area contributed by atoms with Crippen molar-refractivity contribution in [1.82, 2.24) is 4.90 Å². The van der Waals surface area contributed by atoms with E-state index in [1.807, 2.05) is 30.3 Å². The predicted octanol–water partition coefficient (Wildman–Crippen LogP) is 2.16. The van der Waals surface area contributed by atoms with Crippen molar-refractivity contribution in [3.8, 4) is 5.75 Å².